The van der Waals surface area contributed by atoms with Crippen molar-refractivity contribution in [3.63, 3.8) is 0 Å². The van der Waals surface area contributed by atoms with Gasteiger partial charge in [-0.2, -0.15) is 4.98 Å². The van der Waals surface area contributed by atoms with Gasteiger partial charge >= 0.3 is 0 Å². The molecule has 34 heavy (non-hydrogen) atoms. The van der Waals surface area contributed by atoms with Gasteiger partial charge in [-0.1, -0.05) is 48.5 Å². The molecule has 0 bridgehead atoms. The van der Waals surface area contributed by atoms with Crippen molar-refractivity contribution in [1.29, 1.82) is 0 Å². The summed E-state index contributed by atoms with van der Waals surface area (Å²) in [5.41, 5.74) is 3.38. The van der Waals surface area contributed by atoms with Gasteiger partial charge in [0.05, 0.1) is 17.6 Å². The average molecular weight is 456 g/mol. The summed E-state index contributed by atoms with van der Waals surface area (Å²) < 4.78 is 12.9. The number of ether oxygens (including phenoxy) is 2. The number of imidazole rings is 1. The second-order valence-corrected chi connectivity index (χ2v) is 7.72. The van der Waals surface area contributed by atoms with Crippen LogP contribution < -0.4 is 10.1 Å². The molecule has 0 unspecified atom stereocenters. The summed E-state index contributed by atoms with van der Waals surface area (Å²) in [7, 11) is 1.64. The summed E-state index contributed by atoms with van der Waals surface area (Å²) in [4.78, 5) is 14.3. The first kappa shape index (κ1) is 21.8. The van der Waals surface area contributed by atoms with Gasteiger partial charge in [-0.25, -0.2) is 9.97 Å². The zero-order valence-corrected chi connectivity index (χ0v) is 18.8. The quantitative estimate of drug-likeness (QED) is 0.323. The monoisotopic (exact) mass is 455 g/mol. The summed E-state index contributed by atoms with van der Waals surface area (Å²) >= 11 is 0. The van der Waals surface area contributed by atoms with Crippen LogP contribution in [0.15, 0.2) is 72.8 Å². The Bertz CT molecular complexity index is 1420. The molecular formula is C26H25N5O3. The van der Waals surface area contributed by atoms with E-state index in [2.05, 4.69) is 22.4 Å². The lowest BCUT2D eigenvalue weighted by atomic mass is 10.2. The zero-order chi connectivity index (χ0) is 23.3. The molecule has 0 aliphatic heterocycles. The summed E-state index contributed by atoms with van der Waals surface area (Å²) in [5.74, 6) is 2.18. The molecule has 5 rings (SSSR count). The van der Waals surface area contributed by atoms with E-state index in [0.717, 1.165) is 22.0 Å². The number of para-hydroxylation sites is 3. The predicted molar refractivity (Wildman–Crippen MR) is 131 cm³/mol. The molecular weight excluding hydrogens is 430 g/mol. The molecule has 0 atom stereocenters. The first-order chi connectivity index (χ1) is 16.8. The lowest BCUT2D eigenvalue weighted by Crippen LogP contribution is -2.11. The van der Waals surface area contributed by atoms with E-state index in [0.29, 0.717) is 48.6 Å². The minimum atomic E-state index is -0.241. The number of anilines is 1. The second-order valence-electron chi connectivity index (χ2n) is 7.72. The number of nitrogens with one attached hydrogen (secondary N) is 1. The third-order valence-corrected chi connectivity index (χ3v) is 5.50. The van der Waals surface area contributed by atoms with E-state index < -0.39 is 0 Å². The van der Waals surface area contributed by atoms with Crippen LogP contribution in [-0.4, -0.2) is 44.9 Å². The van der Waals surface area contributed by atoms with Crippen LogP contribution in [0.25, 0.3) is 27.9 Å². The van der Waals surface area contributed by atoms with Gasteiger partial charge in [-0.15, -0.1) is 0 Å². The highest BCUT2D eigenvalue weighted by Gasteiger charge is 2.18. The first-order valence-corrected chi connectivity index (χ1v) is 11.1. The molecule has 3 aromatic carbocycles. The second kappa shape index (κ2) is 9.86. The van der Waals surface area contributed by atoms with Crippen LogP contribution in [0.2, 0.25) is 0 Å². The highest BCUT2D eigenvalue weighted by atomic mass is 16.5. The molecule has 0 spiro atoms. The fourth-order valence-electron chi connectivity index (χ4n) is 3.89. The van der Waals surface area contributed by atoms with Crippen molar-refractivity contribution in [3.8, 4) is 11.7 Å². The summed E-state index contributed by atoms with van der Waals surface area (Å²) in [5, 5.41) is 14.3. The van der Waals surface area contributed by atoms with E-state index >= 15 is 0 Å². The maximum atomic E-state index is 10.0. The number of benzene rings is 3. The number of fused-ring (bicyclic) bond motifs is 2. The van der Waals surface area contributed by atoms with Crippen molar-refractivity contribution in [2.24, 2.45) is 0 Å². The molecule has 2 heterocycles. The van der Waals surface area contributed by atoms with Crippen LogP contribution in [0.4, 0.5) is 5.82 Å². The molecule has 0 aliphatic rings. The van der Waals surface area contributed by atoms with Crippen molar-refractivity contribution in [3.05, 3.63) is 84.2 Å². The zero-order valence-electron chi connectivity index (χ0n) is 18.8. The fraction of sp³-hybridized carbons (Fsp3) is 0.192. The largest absolute Gasteiger partial charge is 0.489 e. The van der Waals surface area contributed by atoms with E-state index in [4.69, 9.17) is 19.4 Å². The number of rotatable bonds is 9. The summed E-state index contributed by atoms with van der Waals surface area (Å²) in [6.07, 6.45) is 0. The molecule has 0 amide bonds. The molecule has 2 aromatic heterocycles. The van der Waals surface area contributed by atoms with Gasteiger partial charge < -0.3 is 19.9 Å². The molecule has 0 saturated carbocycles. The van der Waals surface area contributed by atoms with Gasteiger partial charge in [-0.3, -0.25) is 4.57 Å². The molecule has 0 saturated heterocycles. The summed E-state index contributed by atoms with van der Waals surface area (Å²) in [6, 6.07) is 23.6. The first-order valence-electron chi connectivity index (χ1n) is 11.1. The van der Waals surface area contributed by atoms with Crippen molar-refractivity contribution in [2.45, 2.75) is 13.2 Å². The van der Waals surface area contributed by atoms with Crippen molar-refractivity contribution in [2.75, 3.05) is 25.6 Å². The Labute approximate surface area is 196 Å². The van der Waals surface area contributed by atoms with Crippen molar-refractivity contribution >= 4 is 27.8 Å². The number of aliphatic hydroxyl groups is 1. The lowest BCUT2D eigenvalue weighted by Gasteiger charge is -2.15. The predicted octanol–water partition coefficient (Wildman–Crippen LogP) is 4.10. The SMILES string of the molecule is COCCOc1cccc2c(NCc3ccccc3)nc(-n3c(CO)nc4ccccc43)nc12. The Hall–Kier alpha value is -4.01. The standard InChI is InChI=1S/C26H25N5O3/c1-33-14-15-34-22-13-7-10-19-24(22)29-26(30-25(19)27-16-18-8-3-2-4-9-18)31-21-12-6-5-11-20(21)28-23(31)17-32/h2-13,32H,14-17H2,1H3,(H,27,29,30). The van der Waals surface area contributed by atoms with E-state index in [-0.39, 0.29) is 6.61 Å². The van der Waals surface area contributed by atoms with Gasteiger partial charge in [-0.05, 0) is 29.8 Å². The maximum absolute atomic E-state index is 10.0. The summed E-state index contributed by atoms with van der Waals surface area (Å²) in [6.45, 7) is 1.22. The molecule has 2 N–H and O–H groups in total. The van der Waals surface area contributed by atoms with E-state index in [1.54, 1.807) is 11.7 Å². The number of hydrogen-bond donors (Lipinski definition) is 2. The Morgan fingerprint density at radius 2 is 1.71 bits per heavy atom. The third-order valence-electron chi connectivity index (χ3n) is 5.50. The highest BCUT2D eigenvalue weighted by molar-refractivity contribution is 5.94. The van der Waals surface area contributed by atoms with Crippen LogP contribution in [0.1, 0.15) is 11.4 Å². The molecule has 0 fully saturated rings. The fourth-order valence-corrected chi connectivity index (χ4v) is 3.89. The Balaban J connectivity index is 1.67. The van der Waals surface area contributed by atoms with E-state index in [1.165, 1.54) is 0 Å². The highest BCUT2D eigenvalue weighted by Crippen LogP contribution is 2.31. The van der Waals surface area contributed by atoms with Crippen molar-refractivity contribution in [1.82, 2.24) is 19.5 Å². The Morgan fingerprint density at radius 3 is 2.53 bits per heavy atom. The van der Waals surface area contributed by atoms with Gasteiger partial charge in [0.15, 0.2) is 0 Å². The lowest BCUT2D eigenvalue weighted by molar-refractivity contribution is 0.147. The Morgan fingerprint density at radius 1 is 0.882 bits per heavy atom. The smallest absolute Gasteiger partial charge is 0.238 e. The number of nitrogens with zero attached hydrogens (tertiary/aromatic N) is 4. The number of hydrogen-bond acceptors (Lipinski definition) is 7. The minimum Gasteiger partial charge on any atom is -0.489 e. The van der Waals surface area contributed by atoms with E-state index in [9.17, 15) is 5.11 Å². The normalized spacial score (nSPS) is 11.2. The van der Waals surface area contributed by atoms with Crippen LogP contribution in [0.3, 0.4) is 0 Å². The van der Waals surface area contributed by atoms with Gasteiger partial charge in [0.25, 0.3) is 0 Å². The van der Waals surface area contributed by atoms with Gasteiger partial charge in [0.1, 0.15) is 36.1 Å². The maximum Gasteiger partial charge on any atom is 0.238 e. The van der Waals surface area contributed by atoms with E-state index in [1.807, 2.05) is 60.7 Å². The molecule has 0 radical (unpaired) electrons. The number of methoxy groups -OCH3 is 1. The van der Waals surface area contributed by atoms with Crippen LogP contribution >= 0.6 is 0 Å². The molecule has 8 heteroatoms. The molecule has 8 nitrogen and oxygen atoms in total. The van der Waals surface area contributed by atoms with Crippen LogP contribution in [-0.2, 0) is 17.9 Å². The molecule has 5 aromatic rings. The third kappa shape index (κ3) is 4.28. The van der Waals surface area contributed by atoms with Gasteiger partial charge in [0, 0.05) is 19.0 Å². The minimum absolute atomic E-state index is 0.241. The van der Waals surface area contributed by atoms with Gasteiger partial charge in [0.2, 0.25) is 5.95 Å². The Kier molecular flexibility index (Phi) is 6.33. The number of aliphatic hydroxyl groups excluding tert-OH is 1. The topological polar surface area (TPSA) is 94.3 Å². The van der Waals surface area contributed by atoms with Crippen LogP contribution in [0, 0.1) is 0 Å². The van der Waals surface area contributed by atoms with Crippen LogP contribution in [0.5, 0.6) is 5.75 Å². The molecule has 0 aliphatic carbocycles. The molecule has 172 valence electrons. The number of aromatic nitrogens is 4. The average Bonchev–Trinajstić information content (AvgIpc) is 3.27. The van der Waals surface area contributed by atoms with Crippen molar-refractivity contribution < 1.29 is 14.6 Å².